The van der Waals surface area contributed by atoms with Crippen LogP contribution in [0.15, 0.2) is 11.3 Å². The second-order valence-corrected chi connectivity index (χ2v) is 4.04. The highest BCUT2D eigenvalue weighted by Crippen LogP contribution is 2.46. The molecule has 0 aliphatic carbocycles. The van der Waals surface area contributed by atoms with Crippen molar-refractivity contribution < 1.29 is 9.05 Å². The molecule has 2 nitrogen and oxygen atoms in total. The minimum Gasteiger partial charge on any atom is -0.440 e. The van der Waals surface area contributed by atoms with E-state index < -0.39 is 7.73 Å². The SMILES string of the molecule is C/C(=C\Cl)OP(Cl)OC(C)C. The Balaban J connectivity index is 3.60. The maximum absolute atomic E-state index is 5.67. The lowest BCUT2D eigenvalue weighted by Gasteiger charge is -2.13. The van der Waals surface area contributed by atoms with Crippen LogP contribution in [0.5, 0.6) is 0 Å². The molecule has 0 saturated heterocycles. The fourth-order valence-electron chi connectivity index (χ4n) is 0.320. The van der Waals surface area contributed by atoms with E-state index in [1.54, 1.807) is 6.92 Å². The summed E-state index contributed by atoms with van der Waals surface area (Å²) in [5.74, 6) is 0.563. The molecule has 0 amide bonds. The summed E-state index contributed by atoms with van der Waals surface area (Å²) in [7, 11) is -1.35. The monoisotopic (exact) mass is 216 g/mol. The quantitative estimate of drug-likeness (QED) is 0.523. The Hall–Kier alpha value is 0.510. The number of hydrogen-bond donors (Lipinski definition) is 0. The molecule has 0 rings (SSSR count). The lowest BCUT2D eigenvalue weighted by molar-refractivity contribution is 0.238. The second-order valence-electron chi connectivity index (χ2n) is 2.18. The highest BCUT2D eigenvalue weighted by Gasteiger charge is 2.09. The van der Waals surface area contributed by atoms with Gasteiger partial charge in [-0.15, -0.1) is 0 Å². The van der Waals surface area contributed by atoms with Crippen molar-refractivity contribution in [3.8, 4) is 0 Å². The van der Waals surface area contributed by atoms with E-state index in [9.17, 15) is 0 Å². The van der Waals surface area contributed by atoms with Crippen molar-refractivity contribution in [3.05, 3.63) is 11.3 Å². The van der Waals surface area contributed by atoms with Crippen LogP contribution in [-0.4, -0.2) is 6.10 Å². The van der Waals surface area contributed by atoms with Gasteiger partial charge < -0.3 is 9.05 Å². The summed E-state index contributed by atoms with van der Waals surface area (Å²) in [6, 6.07) is 0. The fraction of sp³-hybridized carbons (Fsp3) is 0.667. The zero-order valence-electron chi connectivity index (χ0n) is 6.67. The zero-order chi connectivity index (χ0) is 8.85. The van der Waals surface area contributed by atoms with E-state index >= 15 is 0 Å². The third-order valence-electron chi connectivity index (χ3n) is 0.663. The van der Waals surface area contributed by atoms with E-state index in [0.29, 0.717) is 5.76 Å². The third kappa shape index (κ3) is 6.89. The predicted octanol–water partition coefficient (Wildman–Crippen LogP) is 3.99. The van der Waals surface area contributed by atoms with Gasteiger partial charge in [0.1, 0.15) is 5.76 Å². The largest absolute Gasteiger partial charge is 0.440 e. The molecule has 0 aliphatic rings. The summed E-state index contributed by atoms with van der Waals surface area (Å²) in [4.78, 5) is 0. The first-order chi connectivity index (χ1) is 5.06. The molecule has 0 aromatic carbocycles. The van der Waals surface area contributed by atoms with Crippen molar-refractivity contribution >= 4 is 30.6 Å². The molecule has 0 bridgehead atoms. The summed E-state index contributed by atoms with van der Waals surface area (Å²) in [5.41, 5.74) is 1.32. The Labute approximate surface area is 78.2 Å². The Bertz CT molecular complexity index is 139. The van der Waals surface area contributed by atoms with Crippen molar-refractivity contribution in [1.29, 1.82) is 0 Å². The maximum atomic E-state index is 5.67. The zero-order valence-corrected chi connectivity index (χ0v) is 9.08. The normalized spacial score (nSPS) is 15.3. The predicted molar refractivity (Wildman–Crippen MR) is 49.7 cm³/mol. The van der Waals surface area contributed by atoms with E-state index in [4.69, 9.17) is 31.9 Å². The van der Waals surface area contributed by atoms with Gasteiger partial charge in [0.25, 0.3) is 0 Å². The highest BCUT2D eigenvalue weighted by atomic mass is 35.7. The van der Waals surface area contributed by atoms with Gasteiger partial charge in [0.05, 0.1) is 6.10 Å². The minimum atomic E-state index is -1.35. The van der Waals surface area contributed by atoms with Crippen molar-refractivity contribution in [1.82, 2.24) is 0 Å². The number of halogens is 2. The van der Waals surface area contributed by atoms with Crippen LogP contribution in [0.25, 0.3) is 0 Å². The molecule has 66 valence electrons. The van der Waals surface area contributed by atoms with Crippen molar-refractivity contribution in [2.45, 2.75) is 26.9 Å². The molecule has 0 aromatic heterocycles. The van der Waals surface area contributed by atoms with E-state index in [1.807, 2.05) is 13.8 Å². The van der Waals surface area contributed by atoms with Gasteiger partial charge in [-0.25, -0.2) is 0 Å². The molecule has 0 fully saturated rings. The van der Waals surface area contributed by atoms with Crippen molar-refractivity contribution in [2.24, 2.45) is 0 Å². The molecule has 0 spiro atoms. The van der Waals surface area contributed by atoms with Gasteiger partial charge in [-0.05, 0) is 32.0 Å². The summed E-state index contributed by atoms with van der Waals surface area (Å²) < 4.78 is 10.2. The topological polar surface area (TPSA) is 18.5 Å². The summed E-state index contributed by atoms with van der Waals surface area (Å²) in [5, 5.41) is 0. The molecular formula is C6H11Cl2O2P. The van der Waals surface area contributed by atoms with Crippen LogP contribution in [0.4, 0.5) is 0 Å². The van der Waals surface area contributed by atoms with Gasteiger partial charge in [-0.3, -0.25) is 0 Å². The molecule has 5 heteroatoms. The standard InChI is InChI=1S/C6H11Cl2O2P/c1-5(2)9-11(8)10-6(3)4-7/h4-5H,1-3H3/b6-4+. The van der Waals surface area contributed by atoms with Gasteiger partial charge >= 0.3 is 7.73 Å². The molecule has 0 N–H and O–H groups in total. The van der Waals surface area contributed by atoms with Crippen LogP contribution in [0.3, 0.4) is 0 Å². The Morgan fingerprint density at radius 3 is 2.45 bits per heavy atom. The van der Waals surface area contributed by atoms with Gasteiger partial charge in [-0.1, -0.05) is 11.6 Å². The van der Waals surface area contributed by atoms with Crippen molar-refractivity contribution in [3.63, 3.8) is 0 Å². The van der Waals surface area contributed by atoms with Crippen LogP contribution in [0, 0.1) is 0 Å². The maximum Gasteiger partial charge on any atom is 0.338 e. The lowest BCUT2D eigenvalue weighted by atomic mass is 10.5. The Morgan fingerprint density at radius 2 is 2.09 bits per heavy atom. The average Bonchev–Trinajstić information content (AvgIpc) is 1.85. The first-order valence-corrected chi connectivity index (χ1v) is 5.65. The molecule has 11 heavy (non-hydrogen) atoms. The summed E-state index contributed by atoms with van der Waals surface area (Å²) in [6.07, 6.45) is 0.0711. The van der Waals surface area contributed by atoms with Crippen LogP contribution in [0.2, 0.25) is 0 Å². The minimum absolute atomic E-state index is 0.0711. The average molecular weight is 217 g/mol. The summed E-state index contributed by atoms with van der Waals surface area (Å²) in [6.45, 7) is 5.50. The fourth-order valence-corrected chi connectivity index (χ4v) is 1.89. The second kappa shape index (κ2) is 6.07. The molecule has 1 unspecified atom stereocenters. The first kappa shape index (κ1) is 11.5. The molecule has 0 radical (unpaired) electrons. The molecule has 0 aliphatic heterocycles. The number of hydrogen-bond acceptors (Lipinski definition) is 2. The van der Waals surface area contributed by atoms with E-state index in [0.717, 1.165) is 0 Å². The molecular weight excluding hydrogens is 206 g/mol. The lowest BCUT2D eigenvalue weighted by Crippen LogP contribution is -1.96. The van der Waals surface area contributed by atoms with Crippen LogP contribution >= 0.6 is 30.6 Å². The first-order valence-electron chi connectivity index (χ1n) is 3.14. The van der Waals surface area contributed by atoms with E-state index in [1.165, 1.54) is 5.54 Å². The molecule has 0 aromatic rings. The smallest absolute Gasteiger partial charge is 0.338 e. The van der Waals surface area contributed by atoms with Gasteiger partial charge in [0, 0.05) is 5.54 Å². The van der Waals surface area contributed by atoms with Crippen LogP contribution < -0.4 is 0 Å². The molecule has 0 heterocycles. The van der Waals surface area contributed by atoms with Crippen LogP contribution in [0.1, 0.15) is 20.8 Å². The third-order valence-corrected chi connectivity index (χ3v) is 2.44. The highest BCUT2D eigenvalue weighted by molar-refractivity contribution is 7.76. The van der Waals surface area contributed by atoms with Gasteiger partial charge in [0.2, 0.25) is 0 Å². The van der Waals surface area contributed by atoms with E-state index in [2.05, 4.69) is 0 Å². The summed E-state index contributed by atoms with van der Waals surface area (Å²) >= 11 is 11.0. The molecule has 0 saturated carbocycles. The Morgan fingerprint density at radius 1 is 1.55 bits per heavy atom. The van der Waals surface area contributed by atoms with Crippen molar-refractivity contribution in [2.75, 3.05) is 0 Å². The van der Waals surface area contributed by atoms with E-state index in [-0.39, 0.29) is 6.10 Å². The number of rotatable bonds is 4. The van der Waals surface area contributed by atoms with Crippen LogP contribution in [-0.2, 0) is 9.05 Å². The van der Waals surface area contributed by atoms with Gasteiger partial charge in [-0.2, -0.15) is 0 Å². The molecule has 1 atom stereocenters. The van der Waals surface area contributed by atoms with Gasteiger partial charge in [0.15, 0.2) is 0 Å². The Kier molecular flexibility index (Phi) is 6.36. The number of allylic oxidation sites excluding steroid dienone is 1.